The molecule has 0 N–H and O–H groups in total. The molecule has 0 amide bonds. The van der Waals surface area contributed by atoms with Crippen molar-refractivity contribution in [1.82, 2.24) is 9.13 Å². The number of nitrogens with zero attached hydrogens (tertiary/aromatic N) is 5. The van der Waals surface area contributed by atoms with E-state index in [0.717, 1.165) is 50.5 Å². The summed E-state index contributed by atoms with van der Waals surface area (Å²) in [4.78, 5) is 2.20. The molecular formula is C46H31N5. The summed E-state index contributed by atoms with van der Waals surface area (Å²) in [5.74, 6) is 0. The fourth-order valence-corrected chi connectivity index (χ4v) is 7.51. The first kappa shape index (κ1) is 30.0. The Bertz CT molecular complexity index is 2720. The highest BCUT2D eigenvalue weighted by atomic mass is 15.1. The van der Waals surface area contributed by atoms with Crippen LogP contribution in [-0.2, 0) is 0 Å². The summed E-state index contributed by atoms with van der Waals surface area (Å²) in [6.45, 7) is 4.29. The maximum absolute atomic E-state index is 9.62. The summed E-state index contributed by atoms with van der Waals surface area (Å²) in [6, 6.07) is 57.1. The van der Waals surface area contributed by atoms with E-state index in [1.165, 1.54) is 32.7 Å². The van der Waals surface area contributed by atoms with Crippen LogP contribution >= 0.6 is 0 Å². The van der Waals surface area contributed by atoms with Gasteiger partial charge in [-0.2, -0.15) is 10.5 Å². The van der Waals surface area contributed by atoms with E-state index in [2.05, 4.69) is 143 Å². The van der Waals surface area contributed by atoms with E-state index in [0.29, 0.717) is 11.1 Å². The molecule has 0 saturated heterocycles. The van der Waals surface area contributed by atoms with Gasteiger partial charge in [-0.05, 0) is 117 Å². The Kier molecular flexibility index (Phi) is 6.95. The molecule has 5 heteroatoms. The van der Waals surface area contributed by atoms with Crippen LogP contribution in [0, 0.1) is 36.5 Å². The van der Waals surface area contributed by atoms with Crippen molar-refractivity contribution < 1.29 is 0 Å². The Hall–Kier alpha value is -7.08. The van der Waals surface area contributed by atoms with Crippen LogP contribution in [0.15, 0.2) is 152 Å². The molecule has 0 bridgehead atoms. The minimum Gasteiger partial charge on any atom is -0.310 e. The standard InChI is InChI=1S/C46H31N5/c1-30-11-21-45-41(23-30)42-24-31(2)12-22-46(42)51(45)38-26-36(49(34-17-13-32(28-47)14-18-34)35-19-15-33(29-48)16-20-35)25-37(27-38)50-43-9-5-3-7-39(43)40-8-4-6-10-44(40)50/h3-27H,1-2H3. The Balaban J connectivity index is 1.40. The van der Waals surface area contributed by atoms with Crippen LogP contribution in [-0.4, -0.2) is 9.13 Å². The van der Waals surface area contributed by atoms with E-state index in [4.69, 9.17) is 0 Å². The van der Waals surface area contributed by atoms with Crippen LogP contribution in [0.25, 0.3) is 55.0 Å². The fourth-order valence-electron chi connectivity index (χ4n) is 7.51. The van der Waals surface area contributed by atoms with Crippen molar-refractivity contribution in [1.29, 1.82) is 10.5 Å². The highest BCUT2D eigenvalue weighted by molar-refractivity contribution is 6.11. The second-order valence-electron chi connectivity index (χ2n) is 13.1. The lowest BCUT2D eigenvalue weighted by Gasteiger charge is -2.27. The molecule has 0 spiro atoms. The van der Waals surface area contributed by atoms with Gasteiger partial charge >= 0.3 is 0 Å². The lowest BCUT2D eigenvalue weighted by Crippen LogP contribution is -2.12. The molecule has 0 aliphatic carbocycles. The number of nitriles is 2. The quantitative estimate of drug-likeness (QED) is 0.186. The topological polar surface area (TPSA) is 60.7 Å². The maximum Gasteiger partial charge on any atom is 0.0991 e. The van der Waals surface area contributed by atoms with E-state index in [1.54, 1.807) is 0 Å². The van der Waals surface area contributed by atoms with E-state index < -0.39 is 0 Å². The molecule has 0 fully saturated rings. The van der Waals surface area contributed by atoms with Gasteiger partial charge in [0.1, 0.15) is 0 Å². The van der Waals surface area contributed by atoms with Crippen LogP contribution in [0.4, 0.5) is 17.1 Å². The molecule has 51 heavy (non-hydrogen) atoms. The first-order valence-corrected chi connectivity index (χ1v) is 17.0. The van der Waals surface area contributed by atoms with Crippen molar-refractivity contribution in [3.63, 3.8) is 0 Å². The van der Waals surface area contributed by atoms with Gasteiger partial charge in [-0.1, -0.05) is 59.7 Å². The van der Waals surface area contributed by atoms with Gasteiger partial charge in [-0.15, -0.1) is 0 Å². The predicted octanol–water partition coefficient (Wildman–Crippen LogP) is 11.7. The third-order valence-corrected chi connectivity index (χ3v) is 9.83. The third-order valence-electron chi connectivity index (χ3n) is 9.83. The molecule has 5 nitrogen and oxygen atoms in total. The van der Waals surface area contributed by atoms with Gasteiger partial charge in [0.2, 0.25) is 0 Å². The average molecular weight is 654 g/mol. The molecule has 9 aromatic rings. The van der Waals surface area contributed by atoms with Crippen molar-refractivity contribution in [3.05, 3.63) is 174 Å². The number of aryl methyl sites for hydroxylation is 2. The number of para-hydroxylation sites is 2. The molecule has 0 atom stereocenters. The molecule has 7 aromatic carbocycles. The van der Waals surface area contributed by atoms with Gasteiger partial charge < -0.3 is 14.0 Å². The Morgan fingerprint density at radius 3 is 1.25 bits per heavy atom. The van der Waals surface area contributed by atoms with Crippen LogP contribution in [0.1, 0.15) is 22.3 Å². The van der Waals surface area contributed by atoms with E-state index >= 15 is 0 Å². The molecule has 240 valence electrons. The van der Waals surface area contributed by atoms with Crippen LogP contribution in [0.2, 0.25) is 0 Å². The van der Waals surface area contributed by atoms with Crippen LogP contribution in [0.3, 0.4) is 0 Å². The summed E-state index contributed by atoms with van der Waals surface area (Å²) < 4.78 is 4.73. The summed E-state index contributed by atoms with van der Waals surface area (Å²) in [6.07, 6.45) is 0. The number of hydrogen-bond donors (Lipinski definition) is 0. The fraction of sp³-hybridized carbons (Fsp3) is 0.0435. The van der Waals surface area contributed by atoms with Crippen LogP contribution < -0.4 is 4.90 Å². The van der Waals surface area contributed by atoms with Crippen LogP contribution in [0.5, 0.6) is 0 Å². The van der Waals surface area contributed by atoms with Crippen molar-refractivity contribution in [2.24, 2.45) is 0 Å². The molecular weight excluding hydrogens is 623 g/mol. The SMILES string of the molecule is Cc1ccc2c(c1)c1cc(C)ccc1n2-c1cc(N(c2ccc(C#N)cc2)c2ccc(C#N)cc2)cc(-n2c3ccccc3c3ccccc32)c1. The van der Waals surface area contributed by atoms with Gasteiger partial charge in [-0.3, -0.25) is 0 Å². The molecule has 0 saturated carbocycles. The number of benzene rings is 7. The minimum atomic E-state index is 0.592. The number of hydrogen-bond acceptors (Lipinski definition) is 3. The summed E-state index contributed by atoms with van der Waals surface area (Å²) in [5.41, 5.74) is 12.9. The molecule has 2 aromatic heterocycles. The number of rotatable bonds is 5. The van der Waals surface area contributed by atoms with E-state index in [1.807, 2.05) is 48.5 Å². The molecule has 0 aliphatic heterocycles. The van der Waals surface area contributed by atoms with Crippen molar-refractivity contribution in [2.75, 3.05) is 4.90 Å². The Morgan fingerprint density at radius 2 is 0.824 bits per heavy atom. The molecule has 9 rings (SSSR count). The third kappa shape index (κ3) is 4.92. The normalized spacial score (nSPS) is 11.3. The highest BCUT2D eigenvalue weighted by Gasteiger charge is 2.20. The van der Waals surface area contributed by atoms with Crippen molar-refractivity contribution >= 4 is 60.7 Å². The number of aromatic nitrogens is 2. The zero-order valence-electron chi connectivity index (χ0n) is 28.2. The highest BCUT2D eigenvalue weighted by Crippen LogP contribution is 2.41. The zero-order valence-corrected chi connectivity index (χ0v) is 28.2. The van der Waals surface area contributed by atoms with Gasteiger partial charge in [0.15, 0.2) is 0 Å². The second-order valence-corrected chi connectivity index (χ2v) is 13.1. The first-order valence-electron chi connectivity index (χ1n) is 17.0. The molecule has 0 radical (unpaired) electrons. The maximum atomic E-state index is 9.62. The smallest absolute Gasteiger partial charge is 0.0991 e. The largest absolute Gasteiger partial charge is 0.310 e. The van der Waals surface area contributed by atoms with E-state index in [9.17, 15) is 10.5 Å². The zero-order chi connectivity index (χ0) is 34.6. The molecule has 0 aliphatic rings. The summed E-state index contributed by atoms with van der Waals surface area (Å²) >= 11 is 0. The number of fused-ring (bicyclic) bond motifs is 6. The lowest BCUT2D eigenvalue weighted by molar-refractivity contribution is 1.12. The van der Waals surface area contributed by atoms with Gasteiger partial charge in [0.25, 0.3) is 0 Å². The van der Waals surface area contributed by atoms with Gasteiger partial charge in [0.05, 0.1) is 62.4 Å². The monoisotopic (exact) mass is 653 g/mol. The van der Waals surface area contributed by atoms with Gasteiger partial charge in [0, 0.05) is 32.9 Å². The molecule has 0 unspecified atom stereocenters. The summed E-state index contributed by atoms with van der Waals surface area (Å²) in [5, 5.41) is 24.1. The number of anilines is 3. The second kappa shape index (κ2) is 11.8. The summed E-state index contributed by atoms with van der Waals surface area (Å²) in [7, 11) is 0. The van der Waals surface area contributed by atoms with Crippen molar-refractivity contribution in [3.8, 4) is 23.5 Å². The van der Waals surface area contributed by atoms with Gasteiger partial charge in [-0.25, -0.2) is 0 Å². The Morgan fingerprint density at radius 1 is 0.412 bits per heavy atom. The first-order chi connectivity index (χ1) is 25.0. The van der Waals surface area contributed by atoms with Crippen molar-refractivity contribution in [2.45, 2.75) is 13.8 Å². The average Bonchev–Trinajstić information content (AvgIpc) is 3.67. The van der Waals surface area contributed by atoms with E-state index in [-0.39, 0.29) is 0 Å². The predicted molar refractivity (Wildman–Crippen MR) is 209 cm³/mol. The lowest BCUT2D eigenvalue weighted by atomic mass is 10.1. The minimum absolute atomic E-state index is 0.592. The molecule has 2 heterocycles. The Labute approximate surface area is 295 Å².